The number of para-hydroxylation sites is 1. The molecule has 0 aliphatic carbocycles. The topological polar surface area (TPSA) is 91.0 Å². The quantitative estimate of drug-likeness (QED) is 0.327. The number of likely N-dealkylation sites (N-methyl/N-ethyl adjacent to an activating group) is 1. The molecule has 0 spiro atoms. The van der Waals surface area contributed by atoms with Crippen LogP contribution in [0.3, 0.4) is 0 Å². The van der Waals surface area contributed by atoms with E-state index < -0.39 is 0 Å². The van der Waals surface area contributed by atoms with Crippen LogP contribution in [-0.2, 0) is 11.3 Å². The predicted molar refractivity (Wildman–Crippen MR) is 95.2 cm³/mol. The van der Waals surface area contributed by atoms with Gasteiger partial charge in [0.15, 0.2) is 5.84 Å². The van der Waals surface area contributed by atoms with E-state index >= 15 is 0 Å². The van der Waals surface area contributed by atoms with E-state index in [0.29, 0.717) is 12.1 Å². The Labute approximate surface area is 141 Å². The van der Waals surface area contributed by atoms with Gasteiger partial charge in [-0.1, -0.05) is 47.6 Å². The molecule has 0 atom stereocenters. The van der Waals surface area contributed by atoms with Crippen molar-refractivity contribution in [3.05, 3.63) is 65.2 Å². The molecule has 4 N–H and O–H groups in total. The van der Waals surface area contributed by atoms with Crippen LogP contribution in [0.5, 0.6) is 0 Å². The summed E-state index contributed by atoms with van der Waals surface area (Å²) < 4.78 is 0. The van der Waals surface area contributed by atoms with Crippen molar-refractivity contribution >= 4 is 17.4 Å². The van der Waals surface area contributed by atoms with E-state index in [-0.39, 0.29) is 18.3 Å². The molecule has 2 rings (SSSR count). The minimum Gasteiger partial charge on any atom is -0.409 e. The van der Waals surface area contributed by atoms with Crippen molar-refractivity contribution < 1.29 is 10.0 Å². The number of hydrogen-bond donors (Lipinski definition) is 3. The maximum Gasteiger partial charge on any atom is 0.239 e. The molecule has 2 aromatic carbocycles. The first-order valence-corrected chi connectivity index (χ1v) is 7.61. The van der Waals surface area contributed by atoms with Crippen LogP contribution in [0, 0.1) is 6.92 Å². The summed E-state index contributed by atoms with van der Waals surface area (Å²) in [6.07, 6.45) is 0. The molecule has 2 aromatic rings. The van der Waals surface area contributed by atoms with Gasteiger partial charge in [0.25, 0.3) is 0 Å². The van der Waals surface area contributed by atoms with E-state index in [0.717, 1.165) is 16.8 Å². The maximum absolute atomic E-state index is 12.1. The van der Waals surface area contributed by atoms with Gasteiger partial charge >= 0.3 is 0 Å². The van der Waals surface area contributed by atoms with Gasteiger partial charge < -0.3 is 21.2 Å². The lowest BCUT2D eigenvalue weighted by Gasteiger charge is -2.20. The summed E-state index contributed by atoms with van der Waals surface area (Å²) in [5.74, 6) is 0.00621. The fraction of sp³-hybridized carbons (Fsp3) is 0.222. The molecule has 0 aliphatic rings. The number of carbonyl (C=O) groups excluding carboxylic acids is 1. The minimum atomic E-state index is -0.0544. The highest BCUT2D eigenvalue weighted by atomic mass is 16.4. The average molecular weight is 326 g/mol. The van der Waals surface area contributed by atoms with E-state index in [9.17, 15) is 4.79 Å². The molecule has 6 heteroatoms. The fourth-order valence-electron chi connectivity index (χ4n) is 2.40. The third kappa shape index (κ3) is 4.49. The molecule has 0 fully saturated rings. The standard InChI is InChI=1S/C18H22N4O2/c1-13-5-3-4-6-16(13)22(2)12-17(23)20-11-14-7-9-15(10-8-14)18(19)21-24/h3-10,24H,11-12H2,1-2H3,(H2,19,21)(H,20,23). The monoisotopic (exact) mass is 326 g/mol. The number of nitrogens with one attached hydrogen (secondary N) is 1. The molecule has 0 aromatic heterocycles. The number of aryl methyl sites for hydroxylation is 1. The first kappa shape index (κ1) is 17.3. The molecular weight excluding hydrogens is 304 g/mol. The van der Waals surface area contributed by atoms with Gasteiger partial charge in [-0.25, -0.2) is 0 Å². The Bertz CT molecular complexity index is 726. The molecule has 0 saturated carbocycles. The first-order chi connectivity index (χ1) is 11.5. The second-order valence-corrected chi connectivity index (χ2v) is 5.60. The summed E-state index contributed by atoms with van der Waals surface area (Å²) >= 11 is 0. The summed E-state index contributed by atoms with van der Waals surface area (Å²) in [6, 6.07) is 15.1. The van der Waals surface area contributed by atoms with Crippen LogP contribution in [0.4, 0.5) is 5.69 Å². The van der Waals surface area contributed by atoms with Crippen LogP contribution < -0.4 is 16.0 Å². The lowest BCUT2D eigenvalue weighted by atomic mass is 10.1. The van der Waals surface area contributed by atoms with Crippen LogP contribution in [-0.4, -0.2) is 30.5 Å². The first-order valence-electron chi connectivity index (χ1n) is 7.61. The molecule has 0 radical (unpaired) electrons. The Morgan fingerprint density at radius 2 is 1.88 bits per heavy atom. The largest absolute Gasteiger partial charge is 0.409 e. The zero-order chi connectivity index (χ0) is 17.5. The number of nitrogens with two attached hydrogens (primary N) is 1. The summed E-state index contributed by atoms with van der Waals surface area (Å²) in [5, 5.41) is 14.5. The molecule has 0 heterocycles. The van der Waals surface area contributed by atoms with Gasteiger partial charge in [-0.2, -0.15) is 0 Å². The van der Waals surface area contributed by atoms with E-state index in [1.54, 1.807) is 12.1 Å². The van der Waals surface area contributed by atoms with Crippen molar-refractivity contribution in [2.45, 2.75) is 13.5 Å². The van der Waals surface area contributed by atoms with E-state index in [1.807, 2.05) is 55.3 Å². The molecular formula is C18H22N4O2. The summed E-state index contributed by atoms with van der Waals surface area (Å²) in [5.41, 5.74) is 9.25. The number of amidine groups is 1. The van der Waals surface area contributed by atoms with Gasteiger partial charge in [0.05, 0.1) is 6.54 Å². The minimum absolute atomic E-state index is 0.0544. The molecule has 1 amide bonds. The Balaban J connectivity index is 1.88. The van der Waals surface area contributed by atoms with Crippen molar-refractivity contribution in [2.75, 3.05) is 18.5 Å². The Morgan fingerprint density at radius 1 is 1.21 bits per heavy atom. The SMILES string of the molecule is Cc1ccccc1N(C)CC(=O)NCc1ccc(/C(N)=N/O)cc1. The third-order valence-corrected chi connectivity index (χ3v) is 3.75. The van der Waals surface area contributed by atoms with Crippen LogP contribution in [0.2, 0.25) is 0 Å². The zero-order valence-electron chi connectivity index (χ0n) is 13.9. The second kappa shape index (κ2) is 8.01. The number of oxime groups is 1. The van der Waals surface area contributed by atoms with Crippen LogP contribution in [0.25, 0.3) is 0 Å². The highest BCUT2D eigenvalue weighted by Crippen LogP contribution is 2.17. The van der Waals surface area contributed by atoms with Gasteiger partial charge in [0, 0.05) is 24.8 Å². The molecule has 0 unspecified atom stereocenters. The number of nitrogens with zero attached hydrogens (tertiary/aromatic N) is 2. The molecule has 6 nitrogen and oxygen atoms in total. The van der Waals surface area contributed by atoms with E-state index in [4.69, 9.17) is 10.9 Å². The number of amides is 1. The van der Waals surface area contributed by atoms with Gasteiger partial charge in [-0.3, -0.25) is 4.79 Å². The number of anilines is 1. The molecule has 0 saturated heterocycles. The van der Waals surface area contributed by atoms with Gasteiger partial charge in [0.2, 0.25) is 5.91 Å². The Morgan fingerprint density at radius 3 is 2.50 bits per heavy atom. The zero-order valence-corrected chi connectivity index (χ0v) is 13.9. The van der Waals surface area contributed by atoms with Crippen LogP contribution in [0.1, 0.15) is 16.7 Å². The van der Waals surface area contributed by atoms with Gasteiger partial charge in [-0.15, -0.1) is 0 Å². The van der Waals surface area contributed by atoms with E-state index in [2.05, 4.69) is 10.5 Å². The van der Waals surface area contributed by atoms with Crippen LogP contribution in [0.15, 0.2) is 53.7 Å². The number of benzene rings is 2. The lowest BCUT2D eigenvalue weighted by Crippen LogP contribution is -2.35. The Hall–Kier alpha value is -3.02. The number of hydrogen-bond acceptors (Lipinski definition) is 4. The third-order valence-electron chi connectivity index (χ3n) is 3.75. The summed E-state index contributed by atoms with van der Waals surface area (Å²) in [6.45, 7) is 2.73. The van der Waals surface area contributed by atoms with Gasteiger partial charge in [0.1, 0.15) is 0 Å². The second-order valence-electron chi connectivity index (χ2n) is 5.60. The normalized spacial score (nSPS) is 11.2. The molecule has 0 aliphatic heterocycles. The summed E-state index contributed by atoms with van der Waals surface area (Å²) in [4.78, 5) is 14.0. The highest BCUT2D eigenvalue weighted by molar-refractivity contribution is 5.96. The number of rotatable bonds is 6. The predicted octanol–water partition coefficient (Wildman–Crippen LogP) is 1.84. The van der Waals surface area contributed by atoms with Crippen molar-refractivity contribution in [1.82, 2.24) is 5.32 Å². The smallest absolute Gasteiger partial charge is 0.239 e. The average Bonchev–Trinajstić information content (AvgIpc) is 2.60. The number of carbonyl (C=O) groups is 1. The van der Waals surface area contributed by atoms with Crippen LogP contribution >= 0.6 is 0 Å². The summed E-state index contributed by atoms with van der Waals surface area (Å²) in [7, 11) is 1.90. The molecule has 0 bridgehead atoms. The Kier molecular flexibility index (Phi) is 5.78. The van der Waals surface area contributed by atoms with Crippen molar-refractivity contribution in [1.29, 1.82) is 0 Å². The maximum atomic E-state index is 12.1. The highest BCUT2D eigenvalue weighted by Gasteiger charge is 2.09. The van der Waals surface area contributed by atoms with E-state index in [1.165, 1.54) is 0 Å². The fourth-order valence-corrected chi connectivity index (χ4v) is 2.40. The van der Waals surface area contributed by atoms with Gasteiger partial charge in [-0.05, 0) is 24.1 Å². The van der Waals surface area contributed by atoms with Crippen molar-refractivity contribution in [2.24, 2.45) is 10.9 Å². The lowest BCUT2D eigenvalue weighted by molar-refractivity contribution is -0.119. The van der Waals surface area contributed by atoms with Crippen molar-refractivity contribution in [3.63, 3.8) is 0 Å². The molecule has 126 valence electrons. The molecule has 24 heavy (non-hydrogen) atoms. The van der Waals surface area contributed by atoms with Crippen molar-refractivity contribution in [3.8, 4) is 0 Å².